The summed E-state index contributed by atoms with van der Waals surface area (Å²) in [4.78, 5) is 27.4. The zero-order chi connectivity index (χ0) is 20.1. The number of nitrogens with zero attached hydrogens (tertiary/aromatic N) is 1. The molecule has 1 aromatic carbocycles. The maximum atomic E-state index is 12.8. The van der Waals surface area contributed by atoms with Gasteiger partial charge in [0.2, 0.25) is 0 Å². The first kappa shape index (κ1) is 20.0. The topological polar surface area (TPSA) is 89.1 Å². The fraction of sp³-hybridized carbons (Fsp3) is 0.500. The Labute approximate surface area is 164 Å². The van der Waals surface area contributed by atoms with Gasteiger partial charge in [-0.25, -0.2) is 9.59 Å². The van der Waals surface area contributed by atoms with Gasteiger partial charge in [0.25, 0.3) is 0 Å². The number of methoxy groups -OCH3 is 2. The quantitative estimate of drug-likeness (QED) is 0.693. The van der Waals surface area contributed by atoms with Gasteiger partial charge < -0.3 is 24.8 Å². The van der Waals surface area contributed by atoms with Gasteiger partial charge in [-0.2, -0.15) is 0 Å². The molecule has 0 aliphatic carbocycles. The molecule has 2 aliphatic heterocycles. The van der Waals surface area contributed by atoms with Crippen LogP contribution in [0.4, 0.5) is 4.79 Å². The SMILES string of the molecule is CCOC(=O)C1=C(CN2CCCC2)NC(=O)N[C@@H]1c1ccc(OC)c(OC)c1. The predicted octanol–water partition coefficient (Wildman–Crippen LogP) is 1.97. The molecule has 8 nitrogen and oxygen atoms in total. The number of hydrogen-bond donors (Lipinski definition) is 2. The Kier molecular flexibility index (Phi) is 6.41. The van der Waals surface area contributed by atoms with Crippen molar-refractivity contribution < 1.29 is 23.8 Å². The third-order valence-corrected chi connectivity index (χ3v) is 4.97. The number of amides is 2. The highest BCUT2D eigenvalue weighted by Crippen LogP contribution is 2.34. The molecule has 152 valence electrons. The van der Waals surface area contributed by atoms with E-state index in [9.17, 15) is 9.59 Å². The predicted molar refractivity (Wildman–Crippen MR) is 103 cm³/mol. The molecular weight excluding hydrogens is 362 g/mol. The summed E-state index contributed by atoms with van der Waals surface area (Å²) in [7, 11) is 3.10. The number of nitrogens with one attached hydrogen (secondary N) is 2. The van der Waals surface area contributed by atoms with Crippen molar-refractivity contribution in [3.8, 4) is 11.5 Å². The van der Waals surface area contributed by atoms with E-state index in [-0.39, 0.29) is 12.6 Å². The molecule has 28 heavy (non-hydrogen) atoms. The van der Waals surface area contributed by atoms with Crippen LogP contribution in [0.2, 0.25) is 0 Å². The van der Waals surface area contributed by atoms with Crippen molar-refractivity contribution in [2.45, 2.75) is 25.8 Å². The van der Waals surface area contributed by atoms with Gasteiger partial charge in [0.1, 0.15) is 0 Å². The Morgan fingerprint density at radius 1 is 1.18 bits per heavy atom. The van der Waals surface area contributed by atoms with Crippen molar-refractivity contribution in [1.29, 1.82) is 0 Å². The van der Waals surface area contributed by atoms with Crippen molar-refractivity contribution in [2.75, 3.05) is 40.5 Å². The number of urea groups is 1. The van der Waals surface area contributed by atoms with Crippen molar-refractivity contribution in [1.82, 2.24) is 15.5 Å². The van der Waals surface area contributed by atoms with Gasteiger partial charge in [-0.1, -0.05) is 6.07 Å². The number of rotatable bonds is 7. The molecule has 2 N–H and O–H groups in total. The minimum absolute atomic E-state index is 0.256. The van der Waals surface area contributed by atoms with Crippen LogP contribution in [0.25, 0.3) is 0 Å². The van der Waals surface area contributed by atoms with Crippen LogP contribution in [-0.2, 0) is 9.53 Å². The summed E-state index contributed by atoms with van der Waals surface area (Å²) >= 11 is 0. The lowest BCUT2D eigenvalue weighted by Crippen LogP contribution is -2.48. The Morgan fingerprint density at radius 2 is 1.89 bits per heavy atom. The molecule has 2 heterocycles. The summed E-state index contributed by atoms with van der Waals surface area (Å²) in [6.07, 6.45) is 2.24. The Hall–Kier alpha value is -2.74. The van der Waals surface area contributed by atoms with Crippen LogP contribution in [-0.4, -0.2) is 57.4 Å². The van der Waals surface area contributed by atoms with Crippen molar-refractivity contribution in [3.05, 3.63) is 35.0 Å². The molecule has 1 atom stereocenters. The van der Waals surface area contributed by atoms with Gasteiger partial charge in [0, 0.05) is 12.2 Å². The van der Waals surface area contributed by atoms with Gasteiger partial charge in [0.05, 0.1) is 32.4 Å². The van der Waals surface area contributed by atoms with Crippen LogP contribution in [0.5, 0.6) is 11.5 Å². The molecule has 0 radical (unpaired) electrons. The first-order chi connectivity index (χ1) is 13.6. The molecule has 1 fully saturated rings. The number of hydrogen-bond acceptors (Lipinski definition) is 6. The van der Waals surface area contributed by atoms with Crippen molar-refractivity contribution >= 4 is 12.0 Å². The highest BCUT2D eigenvalue weighted by Gasteiger charge is 2.35. The smallest absolute Gasteiger partial charge is 0.338 e. The number of carbonyl (C=O) groups excluding carboxylic acids is 2. The molecule has 1 saturated heterocycles. The van der Waals surface area contributed by atoms with Gasteiger partial charge in [-0.05, 0) is 50.6 Å². The Bertz CT molecular complexity index is 771. The molecule has 0 saturated carbocycles. The highest BCUT2D eigenvalue weighted by molar-refractivity contribution is 5.95. The molecule has 0 unspecified atom stereocenters. The second-order valence-corrected chi connectivity index (χ2v) is 6.74. The van der Waals surface area contributed by atoms with Gasteiger partial charge in [-0.3, -0.25) is 4.90 Å². The van der Waals surface area contributed by atoms with E-state index in [4.69, 9.17) is 14.2 Å². The fourth-order valence-electron chi connectivity index (χ4n) is 3.64. The average Bonchev–Trinajstić information content (AvgIpc) is 3.20. The number of esters is 1. The van der Waals surface area contributed by atoms with Crippen LogP contribution in [0.15, 0.2) is 29.5 Å². The fourth-order valence-corrected chi connectivity index (χ4v) is 3.64. The highest BCUT2D eigenvalue weighted by atomic mass is 16.5. The lowest BCUT2D eigenvalue weighted by atomic mass is 9.94. The number of benzene rings is 1. The minimum atomic E-state index is -0.634. The summed E-state index contributed by atoms with van der Waals surface area (Å²) in [5.74, 6) is 0.659. The first-order valence-electron chi connectivity index (χ1n) is 9.49. The summed E-state index contributed by atoms with van der Waals surface area (Å²) in [5.41, 5.74) is 1.72. The normalized spacial score (nSPS) is 19.8. The minimum Gasteiger partial charge on any atom is -0.493 e. The van der Waals surface area contributed by atoms with E-state index in [1.807, 2.05) is 6.07 Å². The van der Waals surface area contributed by atoms with Crippen LogP contribution in [0.1, 0.15) is 31.4 Å². The molecule has 1 aromatic rings. The standard InChI is InChI=1S/C20H27N3O5/c1-4-28-19(24)17-14(12-23-9-5-6-10-23)21-20(25)22-18(17)13-7-8-15(26-2)16(11-13)27-3/h7-8,11,18H,4-6,9-10,12H2,1-3H3,(H2,21,22,25)/t18-/m1/s1. The number of carbonyl (C=O) groups is 2. The Morgan fingerprint density at radius 3 is 2.54 bits per heavy atom. The third kappa shape index (κ3) is 4.22. The molecule has 0 spiro atoms. The van der Waals surface area contributed by atoms with Crippen molar-refractivity contribution in [3.63, 3.8) is 0 Å². The van der Waals surface area contributed by atoms with E-state index >= 15 is 0 Å². The maximum absolute atomic E-state index is 12.8. The summed E-state index contributed by atoms with van der Waals surface area (Å²) in [5, 5.41) is 5.66. The van der Waals surface area contributed by atoms with E-state index in [0.717, 1.165) is 31.5 Å². The molecule has 2 aliphatic rings. The monoisotopic (exact) mass is 389 g/mol. The van der Waals surface area contributed by atoms with E-state index < -0.39 is 12.0 Å². The zero-order valence-electron chi connectivity index (χ0n) is 16.5. The van der Waals surface area contributed by atoms with Crippen LogP contribution < -0.4 is 20.1 Å². The lowest BCUT2D eigenvalue weighted by molar-refractivity contribution is -0.139. The summed E-state index contributed by atoms with van der Waals surface area (Å²) < 4.78 is 16.0. The number of likely N-dealkylation sites (tertiary alicyclic amines) is 1. The molecule has 8 heteroatoms. The second-order valence-electron chi connectivity index (χ2n) is 6.74. The first-order valence-corrected chi connectivity index (χ1v) is 9.49. The Balaban J connectivity index is 2.03. The van der Waals surface area contributed by atoms with E-state index in [1.54, 1.807) is 33.3 Å². The van der Waals surface area contributed by atoms with E-state index in [0.29, 0.717) is 29.3 Å². The molecular formula is C20H27N3O5. The zero-order valence-corrected chi connectivity index (χ0v) is 16.5. The third-order valence-electron chi connectivity index (χ3n) is 4.97. The van der Waals surface area contributed by atoms with E-state index in [2.05, 4.69) is 15.5 Å². The van der Waals surface area contributed by atoms with Gasteiger partial charge in [0.15, 0.2) is 11.5 Å². The van der Waals surface area contributed by atoms with Gasteiger partial charge >= 0.3 is 12.0 Å². The average molecular weight is 389 g/mol. The van der Waals surface area contributed by atoms with Crippen LogP contribution >= 0.6 is 0 Å². The van der Waals surface area contributed by atoms with Crippen LogP contribution in [0, 0.1) is 0 Å². The van der Waals surface area contributed by atoms with Gasteiger partial charge in [-0.15, -0.1) is 0 Å². The van der Waals surface area contributed by atoms with Crippen molar-refractivity contribution in [2.24, 2.45) is 0 Å². The molecule has 2 amide bonds. The lowest BCUT2D eigenvalue weighted by Gasteiger charge is -2.31. The largest absolute Gasteiger partial charge is 0.493 e. The summed E-state index contributed by atoms with van der Waals surface area (Å²) in [6.45, 7) is 4.42. The van der Waals surface area contributed by atoms with Crippen LogP contribution in [0.3, 0.4) is 0 Å². The summed E-state index contributed by atoms with van der Waals surface area (Å²) in [6, 6.07) is 4.35. The molecule has 3 rings (SSSR count). The maximum Gasteiger partial charge on any atom is 0.338 e. The second kappa shape index (κ2) is 8.97. The van der Waals surface area contributed by atoms with E-state index in [1.165, 1.54) is 0 Å². The molecule has 0 aromatic heterocycles. The molecule has 0 bridgehead atoms. The number of ether oxygens (including phenoxy) is 3.